The summed E-state index contributed by atoms with van der Waals surface area (Å²) in [6.45, 7) is -0.00934. The van der Waals surface area contributed by atoms with Gasteiger partial charge >= 0.3 is 12.4 Å². The minimum absolute atomic E-state index is 0.152. The van der Waals surface area contributed by atoms with E-state index in [1.807, 2.05) is 6.07 Å². The van der Waals surface area contributed by atoms with Crippen molar-refractivity contribution in [1.29, 1.82) is 0 Å². The van der Waals surface area contributed by atoms with Gasteiger partial charge in [0.2, 0.25) is 0 Å². The van der Waals surface area contributed by atoms with E-state index in [0.29, 0.717) is 11.2 Å². The zero-order valence-corrected chi connectivity index (χ0v) is 15.4. The largest absolute Gasteiger partial charge is 0.573 e. The highest BCUT2D eigenvalue weighted by Gasteiger charge is 2.37. The summed E-state index contributed by atoms with van der Waals surface area (Å²) in [6, 6.07) is 11.0. The predicted molar refractivity (Wildman–Crippen MR) is 103 cm³/mol. The molecule has 3 amide bonds. The first-order chi connectivity index (χ1) is 14.2. The summed E-state index contributed by atoms with van der Waals surface area (Å²) in [5.41, 5.74) is 7.97. The number of hydrogen-bond acceptors (Lipinski definition) is 5. The van der Waals surface area contributed by atoms with Gasteiger partial charge < -0.3 is 15.4 Å². The second-order valence-corrected chi connectivity index (χ2v) is 6.62. The Kier molecular flexibility index (Phi) is 4.69. The maximum atomic E-state index is 12.8. The molecule has 4 rings (SSSR count). The van der Waals surface area contributed by atoms with Crippen LogP contribution in [0.15, 0.2) is 54.7 Å². The Morgan fingerprint density at radius 1 is 1.07 bits per heavy atom. The number of fused-ring (bicyclic) bond motifs is 1. The van der Waals surface area contributed by atoms with E-state index in [-0.39, 0.29) is 18.8 Å². The third-order valence-electron chi connectivity index (χ3n) is 4.62. The third kappa shape index (κ3) is 3.71. The molecule has 1 aromatic heterocycles. The number of nitrogen functional groups attached to an aromatic ring is 1. The number of urea groups is 1. The molecule has 0 spiro atoms. The van der Waals surface area contributed by atoms with Crippen LogP contribution in [0.25, 0.3) is 10.9 Å². The van der Waals surface area contributed by atoms with Gasteiger partial charge in [0.25, 0.3) is 5.91 Å². The first-order valence-corrected chi connectivity index (χ1v) is 8.83. The maximum Gasteiger partial charge on any atom is 0.573 e. The molecule has 1 aliphatic rings. The monoisotopic (exact) mass is 416 g/mol. The zero-order chi connectivity index (χ0) is 21.5. The van der Waals surface area contributed by atoms with Gasteiger partial charge in [0.1, 0.15) is 12.3 Å². The lowest BCUT2D eigenvalue weighted by atomic mass is 10.1. The van der Waals surface area contributed by atoms with Crippen molar-refractivity contribution in [3.05, 3.63) is 60.3 Å². The Hall–Kier alpha value is -3.82. The van der Waals surface area contributed by atoms with Gasteiger partial charge in [-0.2, -0.15) is 0 Å². The van der Waals surface area contributed by atoms with Crippen LogP contribution in [0.2, 0.25) is 0 Å². The minimum atomic E-state index is -4.83. The van der Waals surface area contributed by atoms with Crippen LogP contribution >= 0.6 is 0 Å². The summed E-state index contributed by atoms with van der Waals surface area (Å²) in [5.74, 6) is -0.926. The lowest BCUT2D eigenvalue weighted by molar-refractivity contribution is -0.274. The molecular formula is C20H15F3N4O3. The van der Waals surface area contributed by atoms with Gasteiger partial charge in [-0.1, -0.05) is 12.1 Å². The molecule has 30 heavy (non-hydrogen) atoms. The fourth-order valence-corrected chi connectivity index (χ4v) is 3.32. The fourth-order valence-electron chi connectivity index (χ4n) is 3.32. The number of rotatable bonds is 4. The Morgan fingerprint density at radius 2 is 1.80 bits per heavy atom. The zero-order valence-electron chi connectivity index (χ0n) is 15.4. The fraction of sp³-hybridized carbons (Fsp3) is 0.150. The van der Waals surface area contributed by atoms with Gasteiger partial charge in [0.05, 0.1) is 16.9 Å². The van der Waals surface area contributed by atoms with Crippen molar-refractivity contribution < 1.29 is 27.5 Å². The third-order valence-corrected chi connectivity index (χ3v) is 4.62. The molecule has 0 radical (unpaired) electrons. The van der Waals surface area contributed by atoms with Gasteiger partial charge in [-0.05, 0) is 42.0 Å². The number of carbonyl (C=O) groups excluding carboxylic acids is 2. The van der Waals surface area contributed by atoms with Crippen LogP contribution in [0, 0.1) is 0 Å². The highest BCUT2D eigenvalue weighted by molar-refractivity contribution is 6.19. The first-order valence-electron chi connectivity index (χ1n) is 8.83. The predicted octanol–water partition coefficient (Wildman–Crippen LogP) is 3.68. The van der Waals surface area contributed by atoms with Crippen LogP contribution in [0.1, 0.15) is 5.56 Å². The van der Waals surface area contributed by atoms with Crippen molar-refractivity contribution in [1.82, 2.24) is 9.88 Å². The molecular weight excluding hydrogens is 401 g/mol. The average Bonchev–Trinajstić information content (AvgIpc) is 2.95. The smallest absolute Gasteiger partial charge is 0.406 e. The van der Waals surface area contributed by atoms with Crippen molar-refractivity contribution >= 4 is 34.2 Å². The molecule has 0 unspecified atom stereocenters. The number of hydrogen-bond donors (Lipinski definition) is 1. The second-order valence-electron chi connectivity index (χ2n) is 6.62. The lowest BCUT2D eigenvalue weighted by Gasteiger charge is -2.18. The molecule has 0 atom stereocenters. The Balaban J connectivity index is 1.56. The van der Waals surface area contributed by atoms with E-state index in [2.05, 4.69) is 9.72 Å². The van der Waals surface area contributed by atoms with Crippen molar-refractivity contribution in [3.63, 3.8) is 0 Å². The molecule has 0 saturated carbocycles. The number of alkyl halides is 3. The number of imide groups is 1. The van der Waals surface area contributed by atoms with Crippen molar-refractivity contribution in [2.75, 3.05) is 17.2 Å². The second kappa shape index (κ2) is 7.21. The number of carbonyl (C=O) groups is 2. The number of pyridine rings is 1. The van der Waals surface area contributed by atoms with Crippen LogP contribution in [-0.2, 0) is 11.3 Å². The Labute approximate surface area is 168 Å². The molecule has 154 valence electrons. The van der Waals surface area contributed by atoms with Crippen LogP contribution in [-0.4, -0.2) is 34.7 Å². The summed E-state index contributed by atoms with van der Waals surface area (Å²) in [5, 5.41) is 0.768. The number of nitrogens with two attached hydrogens (primary N) is 1. The van der Waals surface area contributed by atoms with E-state index in [9.17, 15) is 22.8 Å². The number of nitrogens with zero attached hydrogens (tertiary/aromatic N) is 3. The highest BCUT2D eigenvalue weighted by Crippen LogP contribution is 2.29. The standard InChI is InChI=1S/C20H15F3N4O3/c21-20(22,23)30-14-6-4-13(5-7-14)27-17(28)11-26(19(27)29)10-12-8-9-25-18-15(12)2-1-3-16(18)24/h1-9H,10-11,24H2. The molecule has 2 heterocycles. The van der Waals surface area contributed by atoms with Gasteiger partial charge in [-0.3, -0.25) is 9.78 Å². The lowest BCUT2D eigenvalue weighted by Crippen LogP contribution is -2.32. The number of para-hydroxylation sites is 1. The summed E-state index contributed by atoms with van der Waals surface area (Å²) in [4.78, 5) is 31.8. The van der Waals surface area contributed by atoms with E-state index < -0.39 is 24.1 Å². The van der Waals surface area contributed by atoms with Crippen molar-refractivity contribution in [2.24, 2.45) is 0 Å². The van der Waals surface area contributed by atoms with Crippen molar-refractivity contribution in [2.45, 2.75) is 12.9 Å². The SMILES string of the molecule is Nc1cccc2c(CN3CC(=O)N(c4ccc(OC(F)(F)F)cc4)C3=O)ccnc12. The number of amides is 3. The number of ether oxygens (including phenoxy) is 1. The molecule has 1 aliphatic heterocycles. The molecule has 1 fully saturated rings. The normalized spacial score (nSPS) is 14.6. The molecule has 2 aromatic carbocycles. The molecule has 3 aromatic rings. The summed E-state index contributed by atoms with van der Waals surface area (Å²) in [7, 11) is 0. The van der Waals surface area contributed by atoms with E-state index in [1.54, 1.807) is 24.4 Å². The van der Waals surface area contributed by atoms with Crippen LogP contribution in [0.5, 0.6) is 5.75 Å². The number of anilines is 2. The van der Waals surface area contributed by atoms with Crippen LogP contribution in [0.3, 0.4) is 0 Å². The van der Waals surface area contributed by atoms with E-state index in [0.717, 1.165) is 28.0 Å². The molecule has 0 aliphatic carbocycles. The summed E-state index contributed by atoms with van der Waals surface area (Å²) in [6.07, 6.45) is -3.25. The maximum absolute atomic E-state index is 12.8. The number of aromatic nitrogens is 1. The Bertz CT molecular complexity index is 1130. The molecule has 10 heteroatoms. The topological polar surface area (TPSA) is 88.8 Å². The molecule has 0 bridgehead atoms. The van der Waals surface area contributed by atoms with Crippen LogP contribution in [0.4, 0.5) is 29.3 Å². The number of benzene rings is 2. The van der Waals surface area contributed by atoms with Gasteiger partial charge in [-0.15, -0.1) is 13.2 Å². The first kappa shape index (κ1) is 19.5. The molecule has 7 nitrogen and oxygen atoms in total. The molecule has 2 N–H and O–H groups in total. The average molecular weight is 416 g/mol. The van der Waals surface area contributed by atoms with Crippen molar-refractivity contribution in [3.8, 4) is 5.75 Å². The van der Waals surface area contributed by atoms with E-state index >= 15 is 0 Å². The molecule has 1 saturated heterocycles. The van der Waals surface area contributed by atoms with Crippen LogP contribution < -0.4 is 15.4 Å². The van der Waals surface area contributed by atoms with E-state index in [1.165, 1.54) is 17.0 Å². The summed E-state index contributed by atoms with van der Waals surface area (Å²) >= 11 is 0. The quantitative estimate of drug-likeness (QED) is 0.518. The van der Waals surface area contributed by atoms with Gasteiger partial charge in [-0.25, -0.2) is 9.69 Å². The Morgan fingerprint density at radius 3 is 2.50 bits per heavy atom. The number of halogens is 3. The van der Waals surface area contributed by atoms with Gasteiger partial charge in [0, 0.05) is 18.1 Å². The van der Waals surface area contributed by atoms with Gasteiger partial charge in [0.15, 0.2) is 0 Å². The highest BCUT2D eigenvalue weighted by atomic mass is 19.4. The summed E-state index contributed by atoms with van der Waals surface area (Å²) < 4.78 is 40.7. The van der Waals surface area contributed by atoms with E-state index in [4.69, 9.17) is 5.73 Å². The minimum Gasteiger partial charge on any atom is -0.406 e.